The van der Waals surface area contributed by atoms with Gasteiger partial charge >= 0.3 is 0 Å². The molecule has 1 N–H and O–H groups in total. The maximum absolute atomic E-state index is 9.23. The van der Waals surface area contributed by atoms with Gasteiger partial charge in [-0.3, -0.25) is 0 Å². The molecule has 0 heterocycles. The fourth-order valence-electron chi connectivity index (χ4n) is 6.94. The average Bonchev–Trinajstić information content (AvgIpc) is 3.00. The van der Waals surface area contributed by atoms with E-state index in [4.69, 9.17) is 0 Å². The van der Waals surface area contributed by atoms with Gasteiger partial charge in [-0.05, 0) is 12.3 Å². The Labute approximate surface area is 268 Å². The van der Waals surface area contributed by atoms with E-state index in [0.717, 1.165) is 12.3 Å². The van der Waals surface area contributed by atoms with Crippen LogP contribution < -0.4 is 0 Å². The zero-order chi connectivity index (χ0) is 30.4. The first-order chi connectivity index (χ1) is 20.8. The summed E-state index contributed by atoms with van der Waals surface area (Å²) in [5, 5.41) is 9.23. The lowest BCUT2D eigenvalue weighted by molar-refractivity contribution is 0.272. The molecule has 254 valence electrons. The van der Waals surface area contributed by atoms with Crippen LogP contribution in [0.4, 0.5) is 0 Å². The summed E-state index contributed by atoms with van der Waals surface area (Å²) >= 11 is 0. The molecule has 0 saturated carbocycles. The van der Waals surface area contributed by atoms with Crippen LogP contribution in [0.3, 0.4) is 0 Å². The minimum Gasteiger partial charge on any atom is -0.396 e. The van der Waals surface area contributed by atoms with E-state index in [1.54, 1.807) is 0 Å². The van der Waals surface area contributed by atoms with Gasteiger partial charge in [0.15, 0.2) is 0 Å². The number of unbranched alkanes of at least 4 members (excludes halogenated alkanes) is 31. The third-order valence-electron chi connectivity index (χ3n) is 9.95. The standard InChI is InChI=1S/C41H84O/c1-3-5-7-9-11-13-15-17-19-21-23-25-27-29-31-33-37-41(39-35-36-40-42)38-34-32-30-28-26-24-22-20-18-16-14-12-10-8-6-4-2/h41-42H,3-40H2,1-2H3. The molecule has 0 radical (unpaired) electrons. The summed E-state index contributed by atoms with van der Waals surface area (Å²) in [5.74, 6) is 0.926. The Kier molecular flexibility index (Phi) is 38.9. The third-order valence-corrected chi connectivity index (χ3v) is 9.95. The third kappa shape index (κ3) is 36.2. The van der Waals surface area contributed by atoms with Crippen molar-refractivity contribution in [1.29, 1.82) is 0 Å². The lowest BCUT2D eigenvalue weighted by atomic mass is 9.90. The van der Waals surface area contributed by atoms with Crippen LogP contribution >= 0.6 is 0 Å². The lowest BCUT2D eigenvalue weighted by Crippen LogP contribution is -2.02. The van der Waals surface area contributed by atoms with E-state index in [1.807, 2.05) is 0 Å². The second kappa shape index (κ2) is 39.0. The molecule has 0 fully saturated rings. The van der Waals surface area contributed by atoms with E-state index in [9.17, 15) is 5.11 Å². The molecule has 42 heavy (non-hydrogen) atoms. The van der Waals surface area contributed by atoms with Crippen molar-refractivity contribution < 1.29 is 5.11 Å². The van der Waals surface area contributed by atoms with E-state index in [-0.39, 0.29) is 0 Å². The van der Waals surface area contributed by atoms with Crippen molar-refractivity contribution in [1.82, 2.24) is 0 Å². The van der Waals surface area contributed by atoms with Crippen LogP contribution in [0.25, 0.3) is 0 Å². The fraction of sp³-hybridized carbons (Fsp3) is 1.00. The quantitative estimate of drug-likeness (QED) is 0.0707. The number of hydrogen-bond donors (Lipinski definition) is 1. The first kappa shape index (κ1) is 42.0. The molecule has 0 amide bonds. The Bertz CT molecular complexity index is 410. The molecule has 1 nitrogen and oxygen atoms in total. The highest BCUT2D eigenvalue weighted by Gasteiger charge is 2.08. The van der Waals surface area contributed by atoms with Gasteiger partial charge in [0.2, 0.25) is 0 Å². The van der Waals surface area contributed by atoms with Crippen molar-refractivity contribution in [2.45, 2.75) is 251 Å². The molecule has 0 aromatic rings. The van der Waals surface area contributed by atoms with Crippen molar-refractivity contribution in [3.05, 3.63) is 0 Å². The van der Waals surface area contributed by atoms with Gasteiger partial charge in [0.25, 0.3) is 0 Å². The number of hydrogen-bond acceptors (Lipinski definition) is 1. The molecule has 0 unspecified atom stereocenters. The van der Waals surface area contributed by atoms with Crippen molar-refractivity contribution in [2.24, 2.45) is 5.92 Å². The minimum absolute atomic E-state index is 0.380. The Morgan fingerprint density at radius 2 is 0.452 bits per heavy atom. The van der Waals surface area contributed by atoms with Crippen molar-refractivity contribution >= 4 is 0 Å². The monoisotopic (exact) mass is 593 g/mol. The molecule has 0 aliphatic rings. The summed E-state index contributed by atoms with van der Waals surface area (Å²) in [6.07, 6.45) is 53.2. The van der Waals surface area contributed by atoms with E-state index >= 15 is 0 Å². The molecule has 0 aliphatic heterocycles. The maximum Gasteiger partial charge on any atom is 0.0431 e. The Balaban J connectivity index is 3.52. The van der Waals surface area contributed by atoms with Gasteiger partial charge in [0.1, 0.15) is 0 Å². The predicted octanol–water partition coefficient (Wildman–Crippen LogP) is 15.1. The zero-order valence-corrected chi connectivity index (χ0v) is 29.9. The fourth-order valence-corrected chi connectivity index (χ4v) is 6.94. The van der Waals surface area contributed by atoms with Crippen LogP contribution in [-0.2, 0) is 0 Å². The average molecular weight is 593 g/mol. The molecular formula is C41H84O. The molecule has 0 saturated heterocycles. The summed E-state index contributed by atoms with van der Waals surface area (Å²) in [5.41, 5.74) is 0. The molecule has 0 spiro atoms. The molecule has 0 bridgehead atoms. The molecule has 0 aromatic carbocycles. The summed E-state index contributed by atoms with van der Waals surface area (Å²) in [4.78, 5) is 0. The highest BCUT2D eigenvalue weighted by molar-refractivity contribution is 4.62. The highest BCUT2D eigenvalue weighted by atomic mass is 16.2. The van der Waals surface area contributed by atoms with Crippen molar-refractivity contribution in [3.63, 3.8) is 0 Å². The molecule has 0 aromatic heterocycles. The van der Waals surface area contributed by atoms with Gasteiger partial charge in [-0.1, -0.05) is 245 Å². The highest BCUT2D eigenvalue weighted by Crippen LogP contribution is 2.24. The molecular weight excluding hydrogens is 508 g/mol. The summed E-state index contributed by atoms with van der Waals surface area (Å²) < 4.78 is 0. The number of aliphatic hydroxyl groups is 1. The first-order valence-corrected chi connectivity index (χ1v) is 20.5. The molecule has 0 rings (SSSR count). The summed E-state index contributed by atoms with van der Waals surface area (Å²) in [6.45, 7) is 4.99. The molecule has 0 aliphatic carbocycles. The summed E-state index contributed by atoms with van der Waals surface area (Å²) in [7, 11) is 0. The van der Waals surface area contributed by atoms with Gasteiger partial charge in [-0.15, -0.1) is 0 Å². The first-order valence-electron chi connectivity index (χ1n) is 20.5. The van der Waals surface area contributed by atoms with Gasteiger partial charge in [0.05, 0.1) is 0 Å². The summed E-state index contributed by atoms with van der Waals surface area (Å²) in [6, 6.07) is 0. The largest absolute Gasteiger partial charge is 0.396 e. The van der Waals surface area contributed by atoms with E-state index in [1.165, 1.54) is 231 Å². The number of rotatable bonds is 38. The van der Waals surface area contributed by atoms with Crippen LogP contribution in [0.1, 0.15) is 251 Å². The van der Waals surface area contributed by atoms with Gasteiger partial charge < -0.3 is 5.11 Å². The second-order valence-electron chi connectivity index (χ2n) is 14.3. The maximum atomic E-state index is 9.23. The molecule has 0 atom stereocenters. The van der Waals surface area contributed by atoms with Crippen LogP contribution in [0.2, 0.25) is 0 Å². The Morgan fingerprint density at radius 1 is 0.262 bits per heavy atom. The van der Waals surface area contributed by atoms with Crippen LogP contribution in [0, 0.1) is 5.92 Å². The van der Waals surface area contributed by atoms with Crippen molar-refractivity contribution in [2.75, 3.05) is 6.61 Å². The van der Waals surface area contributed by atoms with Gasteiger partial charge in [-0.25, -0.2) is 0 Å². The minimum atomic E-state index is 0.380. The van der Waals surface area contributed by atoms with Crippen LogP contribution in [0.5, 0.6) is 0 Å². The zero-order valence-electron chi connectivity index (χ0n) is 29.9. The smallest absolute Gasteiger partial charge is 0.0431 e. The van der Waals surface area contributed by atoms with Gasteiger partial charge in [0, 0.05) is 6.61 Å². The Morgan fingerprint density at radius 3 is 0.667 bits per heavy atom. The lowest BCUT2D eigenvalue weighted by Gasteiger charge is -2.17. The number of aliphatic hydroxyl groups excluding tert-OH is 1. The van der Waals surface area contributed by atoms with Crippen LogP contribution in [0.15, 0.2) is 0 Å². The predicted molar refractivity (Wildman–Crippen MR) is 193 cm³/mol. The van der Waals surface area contributed by atoms with E-state index in [0.29, 0.717) is 6.61 Å². The molecule has 1 heteroatoms. The van der Waals surface area contributed by atoms with Crippen molar-refractivity contribution in [3.8, 4) is 0 Å². The van der Waals surface area contributed by atoms with E-state index in [2.05, 4.69) is 13.8 Å². The SMILES string of the molecule is CCCCCCCCCCCCCCCCCCC(CCCCO)CCCCCCCCCCCCCCCCCC. The van der Waals surface area contributed by atoms with E-state index < -0.39 is 0 Å². The van der Waals surface area contributed by atoms with Crippen LogP contribution in [-0.4, -0.2) is 11.7 Å². The van der Waals surface area contributed by atoms with Gasteiger partial charge in [-0.2, -0.15) is 0 Å². The topological polar surface area (TPSA) is 20.2 Å². The second-order valence-corrected chi connectivity index (χ2v) is 14.3. The normalized spacial score (nSPS) is 11.7. The Hall–Kier alpha value is -0.0400.